The summed E-state index contributed by atoms with van der Waals surface area (Å²) in [5, 5.41) is 0. The highest BCUT2D eigenvalue weighted by atomic mass is 16.5. The monoisotopic (exact) mass is 281 g/mol. The number of hydrogen-bond acceptors (Lipinski definition) is 3. The number of benzene rings is 2. The zero-order valence-corrected chi connectivity index (χ0v) is 12.6. The molecule has 0 aliphatic heterocycles. The van der Waals surface area contributed by atoms with Crippen LogP contribution in [-0.4, -0.2) is 16.7 Å². The average Bonchev–Trinajstić information content (AvgIpc) is 2.84. The van der Waals surface area contributed by atoms with Gasteiger partial charge in [-0.05, 0) is 36.2 Å². The van der Waals surface area contributed by atoms with Crippen molar-refractivity contribution in [3.63, 3.8) is 0 Å². The number of imidazole rings is 1. The van der Waals surface area contributed by atoms with E-state index < -0.39 is 0 Å². The lowest BCUT2D eigenvalue weighted by Crippen LogP contribution is -1.97. The molecule has 4 heteroatoms. The van der Waals surface area contributed by atoms with E-state index in [1.165, 1.54) is 0 Å². The predicted molar refractivity (Wildman–Crippen MR) is 85.3 cm³/mol. The molecule has 0 saturated heterocycles. The molecule has 3 rings (SSSR count). The van der Waals surface area contributed by atoms with Gasteiger partial charge < -0.3 is 15.0 Å². The summed E-state index contributed by atoms with van der Waals surface area (Å²) < 4.78 is 7.50. The van der Waals surface area contributed by atoms with Crippen LogP contribution in [0.3, 0.4) is 0 Å². The third kappa shape index (κ3) is 2.28. The molecule has 0 atom stereocenters. The Hall–Kier alpha value is -2.33. The minimum atomic E-state index is 0.537. The zero-order chi connectivity index (χ0) is 15.0. The molecule has 0 aliphatic carbocycles. The Bertz CT molecular complexity index is 805. The van der Waals surface area contributed by atoms with Crippen molar-refractivity contribution in [1.29, 1.82) is 0 Å². The van der Waals surface area contributed by atoms with E-state index in [2.05, 4.69) is 22.8 Å². The second-order valence-corrected chi connectivity index (χ2v) is 5.21. The Kier molecular flexibility index (Phi) is 3.39. The van der Waals surface area contributed by atoms with Crippen molar-refractivity contribution in [2.75, 3.05) is 7.11 Å². The largest absolute Gasteiger partial charge is 0.496 e. The van der Waals surface area contributed by atoms with Crippen molar-refractivity contribution in [2.45, 2.75) is 13.5 Å². The molecular formula is C17H19N3O. The number of rotatable bonds is 3. The minimum absolute atomic E-state index is 0.537. The number of nitrogens with two attached hydrogens (primary N) is 1. The summed E-state index contributed by atoms with van der Waals surface area (Å²) in [5.41, 5.74) is 11.1. The highest BCUT2D eigenvalue weighted by Crippen LogP contribution is 2.28. The van der Waals surface area contributed by atoms with Crippen LogP contribution < -0.4 is 10.5 Å². The number of aryl methyl sites for hydroxylation is 2. The quantitative estimate of drug-likeness (QED) is 0.803. The Morgan fingerprint density at radius 2 is 2.00 bits per heavy atom. The molecular weight excluding hydrogens is 262 g/mol. The van der Waals surface area contributed by atoms with Gasteiger partial charge in [0, 0.05) is 19.2 Å². The van der Waals surface area contributed by atoms with E-state index in [1.807, 2.05) is 32.2 Å². The van der Waals surface area contributed by atoms with Gasteiger partial charge in [0.25, 0.3) is 0 Å². The molecule has 2 N–H and O–H groups in total. The van der Waals surface area contributed by atoms with Crippen LogP contribution in [0.15, 0.2) is 36.4 Å². The smallest absolute Gasteiger partial charge is 0.140 e. The third-order valence-electron chi connectivity index (χ3n) is 3.85. The maximum atomic E-state index is 5.72. The third-order valence-corrected chi connectivity index (χ3v) is 3.85. The fourth-order valence-corrected chi connectivity index (χ4v) is 2.58. The minimum Gasteiger partial charge on any atom is -0.496 e. The van der Waals surface area contributed by atoms with Crippen LogP contribution in [0.1, 0.15) is 11.1 Å². The second-order valence-electron chi connectivity index (χ2n) is 5.21. The van der Waals surface area contributed by atoms with E-state index in [9.17, 15) is 0 Å². The number of ether oxygens (including phenoxy) is 1. The van der Waals surface area contributed by atoms with Crippen molar-refractivity contribution in [3.8, 4) is 17.1 Å². The van der Waals surface area contributed by atoms with E-state index >= 15 is 0 Å². The van der Waals surface area contributed by atoms with E-state index in [-0.39, 0.29) is 0 Å². The molecule has 0 spiro atoms. The Morgan fingerprint density at radius 1 is 1.19 bits per heavy atom. The lowest BCUT2D eigenvalue weighted by molar-refractivity contribution is 0.412. The van der Waals surface area contributed by atoms with Gasteiger partial charge in [-0.25, -0.2) is 4.98 Å². The van der Waals surface area contributed by atoms with Crippen LogP contribution in [0.5, 0.6) is 5.75 Å². The predicted octanol–water partition coefficient (Wildman–Crippen LogP) is 3.02. The lowest BCUT2D eigenvalue weighted by Gasteiger charge is -2.08. The van der Waals surface area contributed by atoms with Crippen molar-refractivity contribution in [1.82, 2.24) is 9.55 Å². The van der Waals surface area contributed by atoms with E-state index in [4.69, 9.17) is 15.5 Å². The van der Waals surface area contributed by atoms with Crippen LogP contribution in [0.25, 0.3) is 22.4 Å². The normalized spacial score (nSPS) is 11.0. The molecule has 0 fully saturated rings. The first-order valence-electron chi connectivity index (χ1n) is 6.94. The molecule has 0 radical (unpaired) electrons. The molecule has 0 amide bonds. The summed E-state index contributed by atoms with van der Waals surface area (Å²) in [6.07, 6.45) is 0. The fourth-order valence-electron chi connectivity index (χ4n) is 2.58. The van der Waals surface area contributed by atoms with Gasteiger partial charge in [0.05, 0.1) is 18.1 Å². The topological polar surface area (TPSA) is 53.1 Å². The Labute approximate surface area is 124 Å². The summed E-state index contributed by atoms with van der Waals surface area (Å²) in [6.45, 7) is 2.57. The highest BCUT2D eigenvalue weighted by molar-refractivity contribution is 5.81. The van der Waals surface area contributed by atoms with Crippen molar-refractivity contribution >= 4 is 11.0 Å². The number of aromatic nitrogens is 2. The molecule has 0 aliphatic rings. The molecule has 4 nitrogen and oxygen atoms in total. The molecule has 0 bridgehead atoms. The Balaban J connectivity index is 2.18. The number of hydrogen-bond donors (Lipinski definition) is 1. The number of fused-ring (bicyclic) bond motifs is 1. The van der Waals surface area contributed by atoms with Crippen molar-refractivity contribution in [2.24, 2.45) is 12.8 Å². The maximum absolute atomic E-state index is 5.72. The van der Waals surface area contributed by atoms with Gasteiger partial charge in [0.2, 0.25) is 0 Å². The van der Waals surface area contributed by atoms with Crippen LogP contribution in [0.2, 0.25) is 0 Å². The first-order valence-corrected chi connectivity index (χ1v) is 6.94. The van der Waals surface area contributed by atoms with Gasteiger partial charge in [-0.15, -0.1) is 0 Å². The zero-order valence-electron chi connectivity index (χ0n) is 12.6. The van der Waals surface area contributed by atoms with Gasteiger partial charge in [-0.2, -0.15) is 0 Å². The second kappa shape index (κ2) is 5.22. The van der Waals surface area contributed by atoms with Gasteiger partial charge in [-0.3, -0.25) is 0 Å². The van der Waals surface area contributed by atoms with Crippen molar-refractivity contribution in [3.05, 3.63) is 47.5 Å². The lowest BCUT2D eigenvalue weighted by atomic mass is 10.1. The van der Waals surface area contributed by atoms with E-state index in [0.717, 1.165) is 39.3 Å². The van der Waals surface area contributed by atoms with E-state index in [1.54, 1.807) is 7.11 Å². The Morgan fingerprint density at radius 3 is 2.71 bits per heavy atom. The summed E-state index contributed by atoms with van der Waals surface area (Å²) in [6, 6.07) is 12.3. The first kappa shape index (κ1) is 13.6. The van der Waals surface area contributed by atoms with Gasteiger partial charge in [0.15, 0.2) is 0 Å². The highest BCUT2D eigenvalue weighted by Gasteiger charge is 2.11. The van der Waals surface area contributed by atoms with Crippen LogP contribution >= 0.6 is 0 Å². The molecule has 0 unspecified atom stereocenters. The van der Waals surface area contributed by atoms with Crippen LogP contribution in [-0.2, 0) is 13.6 Å². The van der Waals surface area contributed by atoms with Crippen LogP contribution in [0, 0.1) is 6.92 Å². The summed E-state index contributed by atoms with van der Waals surface area (Å²) >= 11 is 0. The number of methoxy groups -OCH3 is 1. The summed E-state index contributed by atoms with van der Waals surface area (Å²) in [5.74, 6) is 1.81. The van der Waals surface area contributed by atoms with Crippen molar-refractivity contribution < 1.29 is 4.74 Å². The summed E-state index contributed by atoms with van der Waals surface area (Å²) in [4.78, 5) is 4.73. The van der Waals surface area contributed by atoms with Crippen LogP contribution in [0.4, 0.5) is 0 Å². The molecule has 2 aromatic carbocycles. The van der Waals surface area contributed by atoms with E-state index in [0.29, 0.717) is 6.54 Å². The fraction of sp³-hybridized carbons (Fsp3) is 0.235. The molecule has 0 saturated carbocycles. The molecule has 1 aromatic heterocycles. The van der Waals surface area contributed by atoms with Gasteiger partial charge in [-0.1, -0.05) is 18.2 Å². The average molecular weight is 281 g/mol. The number of nitrogens with zero attached hydrogens (tertiary/aromatic N) is 2. The molecule has 1 heterocycles. The molecule has 3 aromatic rings. The van der Waals surface area contributed by atoms with Gasteiger partial charge >= 0.3 is 0 Å². The van der Waals surface area contributed by atoms with Gasteiger partial charge in [0.1, 0.15) is 11.6 Å². The maximum Gasteiger partial charge on any atom is 0.140 e. The standard InChI is InChI=1S/C17H19N3O/c1-11-4-6-13(9-16(11)21-3)17-19-14-7-5-12(10-18)8-15(14)20(17)2/h4-9H,10,18H2,1-3H3. The first-order chi connectivity index (χ1) is 10.1. The summed E-state index contributed by atoms with van der Waals surface area (Å²) in [7, 11) is 3.71. The molecule has 21 heavy (non-hydrogen) atoms. The molecule has 108 valence electrons. The SMILES string of the molecule is COc1cc(-c2nc3ccc(CN)cc3n2C)ccc1C.